The minimum Gasteiger partial charge on any atom is -0.294 e. The third-order valence-electron chi connectivity index (χ3n) is 2.35. The van der Waals surface area contributed by atoms with Gasteiger partial charge < -0.3 is 0 Å². The summed E-state index contributed by atoms with van der Waals surface area (Å²) in [5.41, 5.74) is 0. The van der Waals surface area contributed by atoms with Gasteiger partial charge in [-0.3, -0.25) is 15.0 Å². The zero-order valence-corrected chi connectivity index (χ0v) is 8.60. The number of hydrogen-bond donors (Lipinski definition) is 1. The van der Waals surface area contributed by atoms with Gasteiger partial charge in [0.25, 0.3) is 0 Å². The van der Waals surface area contributed by atoms with Crippen LogP contribution in [-0.2, 0) is 4.79 Å². The zero-order valence-electron chi connectivity index (χ0n) is 8.60. The predicted molar refractivity (Wildman–Crippen MR) is 49.1 cm³/mol. The van der Waals surface area contributed by atoms with E-state index in [4.69, 9.17) is 0 Å². The Morgan fingerprint density at radius 1 is 1.33 bits per heavy atom. The molecule has 6 heteroatoms. The maximum atomic E-state index is 13.4. The summed E-state index contributed by atoms with van der Waals surface area (Å²) >= 11 is 0. The number of hydrogen-bond acceptors (Lipinski definition) is 2. The van der Waals surface area contributed by atoms with Crippen LogP contribution in [0, 0.1) is 0 Å². The second-order valence-corrected chi connectivity index (χ2v) is 3.74. The number of piperidine rings is 1. The summed E-state index contributed by atoms with van der Waals surface area (Å²) in [4.78, 5) is 11.5. The Morgan fingerprint density at radius 2 is 1.87 bits per heavy atom. The van der Waals surface area contributed by atoms with Crippen LogP contribution < -0.4 is 5.32 Å². The molecule has 1 N–H and O–H groups in total. The number of alkyl halides is 3. The number of carbonyl (C=O) groups is 1. The van der Waals surface area contributed by atoms with E-state index in [1.807, 2.05) is 0 Å². The molecule has 1 heterocycles. The number of rotatable bonds is 3. The van der Waals surface area contributed by atoms with Crippen molar-refractivity contribution in [1.82, 2.24) is 10.2 Å². The maximum Gasteiger partial charge on any atom is 0.369 e. The van der Waals surface area contributed by atoms with Crippen molar-refractivity contribution < 1.29 is 18.0 Å². The third-order valence-corrected chi connectivity index (χ3v) is 2.35. The molecule has 0 spiro atoms. The molecule has 1 amide bonds. The summed E-state index contributed by atoms with van der Waals surface area (Å²) in [5.74, 6) is -0.931. The van der Waals surface area contributed by atoms with E-state index in [9.17, 15) is 18.0 Å². The van der Waals surface area contributed by atoms with E-state index in [-0.39, 0.29) is 0 Å². The van der Waals surface area contributed by atoms with E-state index in [1.54, 1.807) is 0 Å². The molecule has 1 aliphatic heterocycles. The van der Waals surface area contributed by atoms with Crippen molar-refractivity contribution in [1.29, 1.82) is 0 Å². The van der Waals surface area contributed by atoms with E-state index < -0.39 is 18.2 Å². The van der Waals surface area contributed by atoms with Crippen LogP contribution in [0.4, 0.5) is 13.2 Å². The molecule has 0 aliphatic carbocycles. The van der Waals surface area contributed by atoms with Gasteiger partial charge in [0.05, 0.1) is 0 Å². The molecule has 0 bridgehead atoms. The highest BCUT2D eigenvalue weighted by Gasteiger charge is 2.44. The fraction of sp³-hybridized carbons (Fsp3) is 0.889. The molecular weight excluding hydrogens is 209 g/mol. The number of likely N-dealkylation sites (tertiary alicyclic amines) is 1. The highest BCUT2D eigenvalue weighted by Crippen LogP contribution is 2.24. The first-order chi connectivity index (χ1) is 6.93. The molecular formula is C9H15F3N2O. The normalized spacial score (nSPS) is 21.1. The lowest BCUT2D eigenvalue weighted by molar-refractivity contribution is -0.170. The Balaban J connectivity index is 2.55. The Morgan fingerprint density at radius 3 is 2.33 bits per heavy atom. The maximum absolute atomic E-state index is 13.4. The number of amides is 1. The van der Waals surface area contributed by atoms with Crippen molar-refractivity contribution >= 4 is 5.91 Å². The summed E-state index contributed by atoms with van der Waals surface area (Å²) in [6.45, 7) is 1.57. The average molecular weight is 224 g/mol. The van der Waals surface area contributed by atoms with Crippen molar-refractivity contribution in [3.05, 3.63) is 0 Å². The lowest BCUT2D eigenvalue weighted by atomic mass is 10.1. The first-order valence-corrected chi connectivity index (χ1v) is 4.98. The summed E-state index contributed by atoms with van der Waals surface area (Å²) in [5, 5.41) is 1.33. The topological polar surface area (TPSA) is 32.3 Å². The molecule has 0 aromatic carbocycles. The van der Waals surface area contributed by atoms with Gasteiger partial charge in [-0.25, -0.2) is 4.39 Å². The van der Waals surface area contributed by atoms with E-state index in [0.717, 1.165) is 31.1 Å². The summed E-state index contributed by atoms with van der Waals surface area (Å²) < 4.78 is 39.6. The minimum atomic E-state index is -3.80. The molecule has 15 heavy (non-hydrogen) atoms. The highest BCUT2D eigenvalue weighted by atomic mass is 19.3. The lowest BCUT2D eigenvalue weighted by Gasteiger charge is -2.33. The van der Waals surface area contributed by atoms with Gasteiger partial charge in [-0.05, 0) is 12.8 Å². The molecule has 0 saturated carbocycles. The number of nitrogens with one attached hydrogen (secondary N) is 1. The average Bonchev–Trinajstić information content (AvgIpc) is 2.16. The quantitative estimate of drug-likeness (QED) is 0.737. The van der Waals surface area contributed by atoms with Crippen LogP contribution in [0.2, 0.25) is 0 Å². The molecule has 0 aromatic heterocycles. The summed E-state index contributed by atoms with van der Waals surface area (Å²) in [7, 11) is 0. The predicted octanol–water partition coefficient (Wildman–Crippen LogP) is 1.50. The van der Waals surface area contributed by atoms with Gasteiger partial charge in [-0.2, -0.15) is 8.78 Å². The molecule has 1 unspecified atom stereocenters. The van der Waals surface area contributed by atoms with E-state index >= 15 is 0 Å². The molecule has 1 atom stereocenters. The van der Waals surface area contributed by atoms with Gasteiger partial charge in [-0.15, -0.1) is 0 Å². The molecule has 0 radical (unpaired) electrons. The lowest BCUT2D eigenvalue weighted by Crippen LogP contribution is -2.55. The fourth-order valence-electron chi connectivity index (χ4n) is 1.67. The van der Waals surface area contributed by atoms with Gasteiger partial charge >= 0.3 is 6.05 Å². The van der Waals surface area contributed by atoms with Crippen LogP contribution in [0.5, 0.6) is 0 Å². The number of nitrogens with zero attached hydrogens (tertiary/aromatic N) is 1. The van der Waals surface area contributed by atoms with Crippen molar-refractivity contribution in [2.75, 3.05) is 13.1 Å². The molecule has 1 rings (SSSR count). The van der Waals surface area contributed by atoms with Crippen molar-refractivity contribution in [3.63, 3.8) is 0 Å². The Bertz CT molecular complexity index is 229. The van der Waals surface area contributed by atoms with Crippen LogP contribution in [0.3, 0.4) is 0 Å². The molecule has 3 nitrogen and oxygen atoms in total. The number of carbonyl (C=O) groups excluding carboxylic acids is 1. The standard InChI is InChI=1S/C9H15F3N2O/c1-7(15)13-9(11,12)8(10)14-5-3-2-4-6-14/h8H,2-6H2,1H3,(H,13,15). The first-order valence-electron chi connectivity index (χ1n) is 4.98. The van der Waals surface area contributed by atoms with Crippen molar-refractivity contribution in [3.8, 4) is 0 Å². The summed E-state index contributed by atoms with van der Waals surface area (Å²) in [6.07, 6.45) is -0.0519. The molecule has 88 valence electrons. The Labute approximate surface area is 86.6 Å². The zero-order chi connectivity index (χ0) is 11.5. The fourth-order valence-corrected chi connectivity index (χ4v) is 1.67. The SMILES string of the molecule is CC(=O)NC(F)(F)C(F)N1CCCCC1. The third kappa shape index (κ3) is 3.37. The van der Waals surface area contributed by atoms with Crippen molar-refractivity contribution in [2.24, 2.45) is 0 Å². The molecule has 1 fully saturated rings. The van der Waals surface area contributed by atoms with E-state index in [0.29, 0.717) is 13.1 Å². The van der Waals surface area contributed by atoms with Gasteiger partial charge in [0.2, 0.25) is 12.2 Å². The Hall–Kier alpha value is -0.780. The monoisotopic (exact) mass is 224 g/mol. The van der Waals surface area contributed by atoms with Gasteiger partial charge in [0, 0.05) is 20.0 Å². The Kier molecular flexibility index (Phi) is 3.96. The smallest absolute Gasteiger partial charge is 0.294 e. The van der Waals surface area contributed by atoms with Gasteiger partial charge in [0.1, 0.15) is 0 Å². The summed E-state index contributed by atoms with van der Waals surface area (Å²) in [6, 6.07) is -3.80. The van der Waals surface area contributed by atoms with Crippen LogP contribution in [-0.4, -0.2) is 36.2 Å². The largest absolute Gasteiger partial charge is 0.369 e. The van der Waals surface area contributed by atoms with Gasteiger partial charge in [-0.1, -0.05) is 6.42 Å². The molecule has 1 aliphatic rings. The van der Waals surface area contributed by atoms with E-state index in [1.165, 1.54) is 5.32 Å². The van der Waals surface area contributed by atoms with Crippen LogP contribution in [0.1, 0.15) is 26.2 Å². The molecule has 0 aromatic rings. The van der Waals surface area contributed by atoms with Crippen LogP contribution >= 0.6 is 0 Å². The highest BCUT2D eigenvalue weighted by molar-refractivity contribution is 5.73. The van der Waals surface area contributed by atoms with Crippen LogP contribution in [0.15, 0.2) is 0 Å². The second kappa shape index (κ2) is 4.83. The molecule has 1 saturated heterocycles. The van der Waals surface area contributed by atoms with E-state index in [2.05, 4.69) is 0 Å². The van der Waals surface area contributed by atoms with Crippen LogP contribution in [0.25, 0.3) is 0 Å². The van der Waals surface area contributed by atoms with Crippen molar-refractivity contribution in [2.45, 2.75) is 38.5 Å². The minimum absolute atomic E-state index is 0.316. The number of halogens is 3. The second-order valence-electron chi connectivity index (χ2n) is 3.74. The van der Waals surface area contributed by atoms with Gasteiger partial charge in [0.15, 0.2) is 0 Å². The first kappa shape index (κ1) is 12.3.